The molecule has 0 radical (unpaired) electrons. The monoisotopic (exact) mass is 347 g/mol. The Labute approximate surface area is 151 Å². The van der Waals surface area contributed by atoms with Crippen LogP contribution in [0.2, 0.25) is 0 Å². The zero-order chi connectivity index (χ0) is 18.8. The van der Waals surface area contributed by atoms with Crippen molar-refractivity contribution in [1.82, 2.24) is 0 Å². The van der Waals surface area contributed by atoms with Crippen LogP contribution in [0.4, 0.5) is 0 Å². The van der Waals surface area contributed by atoms with E-state index in [1.165, 1.54) is 0 Å². The van der Waals surface area contributed by atoms with Gasteiger partial charge in [0.1, 0.15) is 0 Å². The molecule has 0 bridgehead atoms. The molecule has 1 fully saturated rings. The maximum atomic E-state index is 12.3. The summed E-state index contributed by atoms with van der Waals surface area (Å²) in [6.07, 6.45) is 9.27. The second-order valence-corrected chi connectivity index (χ2v) is 8.34. The number of rotatable bonds is 7. The van der Waals surface area contributed by atoms with Crippen molar-refractivity contribution < 1.29 is 14.7 Å². The van der Waals surface area contributed by atoms with Gasteiger partial charge in [-0.1, -0.05) is 52.5 Å². The van der Waals surface area contributed by atoms with E-state index in [0.717, 1.165) is 44.1 Å². The molecule has 140 valence electrons. The number of fused-ring (bicyclic) bond motifs is 1. The number of hydrogen-bond acceptors (Lipinski definition) is 3. The number of ketones is 1. The lowest BCUT2D eigenvalue weighted by atomic mass is 9.56. The third-order valence-electron chi connectivity index (χ3n) is 6.57. The zero-order valence-electron chi connectivity index (χ0n) is 16.1. The summed E-state index contributed by atoms with van der Waals surface area (Å²) in [7, 11) is 0. The van der Waals surface area contributed by atoms with Gasteiger partial charge in [-0.15, -0.1) is 0 Å². The van der Waals surface area contributed by atoms with Gasteiger partial charge in [-0.2, -0.15) is 0 Å². The Morgan fingerprint density at radius 2 is 2.08 bits per heavy atom. The van der Waals surface area contributed by atoms with Gasteiger partial charge < -0.3 is 10.8 Å². The van der Waals surface area contributed by atoms with Gasteiger partial charge in [-0.25, -0.2) is 0 Å². The number of allylic oxidation sites excluding steroid dienone is 3. The van der Waals surface area contributed by atoms with Crippen LogP contribution in [-0.4, -0.2) is 22.9 Å². The summed E-state index contributed by atoms with van der Waals surface area (Å²) < 4.78 is 0. The highest BCUT2D eigenvalue weighted by molar-refractivity contribution is 6.05. The first-order valence-corrected chi connectivity index (χ1v) is 9.60. The molecule has 0 saturated heterocycles. The van der Waals surface area contributed by atoms with Crippen LogP contribution in [-0.2, 0) is 9.59 Å². The lowest BCUT2D eigenvalue weighted by molar-refractivity contribution is -0.134. The van der Waals surface area contributed by atoms with Crippen molar-refractivity contribution in [1.29, 1.82) is 0 Å². The molecule has 2 rings (SSSR count). The van der Waals surface area contributed by atoms with Crippen molar-refractivity contribution in [2.75, 3.05) is 0 Å². The summed E-state index contributed by atoms with van der Waals surface area (Å²) in [5.41, 5.74) is 6.17. The van der Waals surface area contributed by atoms with Crippen molar-refractivity contribution in [3.05, 3.63) is 23.3 Å². The Morgan fingerprint density at radius 3 is 2.68 bits per heavy atom. The molecule has 0 aromatic carbocycles. The molecular formula is C21H33NO3. The van der Waals surface area contributed by atoms with Crippen LogP contribution in [0.3, 0.4) is 0 Å². The molecule has 4 nitrogen and oxygen atoms in total. The molecule has 0 aromatic rings. The van der Waals surface area contributed by atoms with Crippen molar-refractivity contribution in [2.45, 2.75) is 78.7 Å². The molecule has 2 aliphatic rings. The van der Waals surface area contributed by atoms with Crippen LogP contribution in [0, 0.1) is 16.7 Å². The number of aliphatic hydroxyl groups is 1. The van der Waals surface area contributed by atoms with E-state index < -0.39 is 11.5 Å². The molecule has 1 amide bonds. The lowest BCUT2D eigenvalue weighted by Gasteiger charge is -2.49. The molecule has 0 heterocycles. The summed E-state index contributed by atoms with van der Waals surface area (Å²) in [6.45, 7) is 7.90. The average molecular weight is 347 g/mol. The third-order valence-corrected chi connectivity index (χ3v) is 6.57. The average Bonchev–Trinajstić information content (AvgIpc) is 2.55. The van der Waals surface area contributed by atoms with Crippen LogP contribution in [0.15, 0.2) is 23.3 Å². The smallest absolute Gasteiger partial charge is 0.223 e. The molecule has 0 aromatic heterocycles. The molecular weight excluding hydrogens is 314 g/mol. The van der Waals surface area contributed by atoms with Gasteiger partial charge in [0.25, 0.3) is 0 Å². The molecule has 1 saturated carbocycles. The first-order valence-electron chi connectivity index (χ1n) is 9.60. The molecule has 2 aliphatic carbocycles. The minimum atomic E-state index is -0.795. The van der Waals surface area contributed by atoms with E-state index in [4.69, 9.17) is 5.73 Å². The summed E-state index contributed by atoms with van der Waals surface area (Å²) in [5, 5.41) is 11.2. The molecule has 0 spiro atoms. The van der Waals surface area contributed by atoms with E-state index in [9.17, 15) is 14.7 Å². The second-order valence-electron chi connectivity index (χ2n) is 8.34. The van der Waals surface area contributed by atoms with Gasteiger partial charge in [-0.05, 0) is 43.4 Å². The maximum absolute atomic E-state index is 12.3. The van der Waals surface area contributed by atoms with Crippen LogP contribution >= 0.6 is 0 Å². The quantitative estimate of drug-likeness (QED) is 0.689. The van der Waals surface area contributed by atoms with E-state index in [1.807, 2.05) is 13.0 Å². The fraction of sp³-hybridized carbons (Fsp3) is 0.714. The minimum Gasteiger partial charge on any atom is -0.388 e. The van der Waals surface area contributed by atoms with Crippen molar-refractivity contribution in [3.8, 4) is 0 Å². The van der Waals surface area contributed by atoms with E-state index in [-0.39, 0.29) is 23.0 Å². The fourth-order valence-electron chi connectivity index (χ4n) is 4.70. The molecule has 3 N–H and O–H groups in total. The highest BCUT2D eigenvalue weighted by atomic mass is 16.3. The van der Waals surface area contributed by atoms with Gasteiger partial charge >= 0.3 is 0 Å². The minimum absolute atomic E-state index is 0.0455. The summed E-state index contributed by atoms with van der Waals surface area (Å²) in [4.78, 5) is 24.5. The number of primary amides is 1. The Hall–Kier alpha value is -1.42. The van der Waals surface area contributed by atoms with Crippen molar-refractivity contribution in [2.24, 2.45) is 22.5 Å². The predicted octanol–water partition coefficient (Wildman–Crippen LogP) is 3.68. The van der Waals surface area contributed by atoms with Crippen LogP contribution in [0.5, 0.6) is 0 Å². The van der Waals surface area contributed by atoms with Gasteiger partial charge in [0, 0.05) is 11.3 Å². The van der Waals surface area contributed by atoms with E-state index >= 15 is 0 Å². The van der Waals surface area contributed by atoms with Gasteiger partial charge in [0.2, 0.25) is 5.91 Å². The number of unbranched alkanes of at least 4 members (excludes halogenated alkanes) is 3. The van der Waals surface area contributed by atoms with Gasteiger partial charge in [-0.3, -0.25) is 9.59 Å². The topological polar surface area (TPSA) is 80.4 Å². The maximum Gasteiger partial charge on any atom is 0.223 e. The summed E-state index contributed by atoms with van der Waals surface area (Å²) in [5.74, 6) is -0.618. The Kier molecular flexibility index (Phi) is 5.93. The van der Waals surface area contributed by atoms with Crippen molar-refractivity contribution in [3.63, 3.8) is 0 Å². The molecule has 4 atom stereocenters. The Bertz CT molecular complexity index is 606. The summed E-state index contributed by atoms with van der Waals surface area (Å²) >= 11 is 0. The standard InChI is InChI=1S/C21H33NO3/c1-5-6-7-8-11-21(4,19(22)25)15-9-12-20(3)13-10-16(23)14(2)17(20)18(15)24/h10,13,15,18,24H,5-9,11-12H2,1-4H3,(H2,22,25). The van der Waals surface area contributed by atoms with E-state index in [2.05, 4.69) is 13.8 Å². The highest BCUT2D eigenvalue weighted by Gasteiger charge is 2.51. The van der Waals surface area contributed by atoms with Crippen molar-refractivity contribution >= 4 is 11.7 Å². The normalized spacial score (nSPS) is 31.6. The summed E-state index contributed by atoms with van der Waals surface area (Å²) in [6, 6.07) is 0. The number of carbonyl (C=O) groups is 2. The SMILES string of the molecule is CCCCCCC(C)(C(N)=O)C1CCC2(C)C=CC(=O)C(C)=C2C1O. The number of amides is 1. The second kappa shape index (κ2) is 7.45. The third kappa shape index (κ3) is 3.59. The Balaban J connectivity index is 2.30. The number of nitrogens with two attached hydrogens (primary N) is 1. The predicted molar refractivity (Wildman–Crippen MR) is 99.7 cm³/mol. The Morgan fingerprint density at radius 1 is 1.40 bits per heavy atom. The fourth-order valence-corrected chi connectivity index (χ4v) is 4.70. The van der Waals surface area contributed by atoms with E-state index in [1.54, 1.807) is 13.0 Å². The first kappa shape index (κ1) is 19.9. The number of hydrogen-bond donors (Lipinski definition) is 2. The number of carbonyl (C=O) groups excluding carboxylic acids is 2. The highest BCUT2D eigenvalue weighted by Crippen LogP contribution is 2.53. The molecule has 4 unspecified atom stereocenters. The lowest BCUT2D eigenvalue weighted by Crippen LogP contribution is -2.51. The van der Waals surface area contributed by atoms with Crippen LogP contribution < -0.4 is 5.73 Å². The zero-order valence-corrected chi connectivity index (χ0v) is 16.1. The molecule has 0 aliphatic heterocycles. The molecule has 4 heteroatoms. The number of aliphatic hydroxyl groups excluding tert-OH is 1. The van der Waals surface area contributed by atoms with E-state index in [0.29, 0.717) is 12.0 Å². The molecule has 25 heavy (non-hydrogen) atoms. The van der Waals surface area contributed by atoms with Gasteiger partial charge in [0.05, 0.1) is 11.5 Å². The largest absolute Gasteiger partial charge is 0.388 e. The van der Waals surface area contributed by atoms with Crippen LogP contribution in [0.1, 0.15) is 72.6 Å². The first-order chi connectivity index (χ1) is 11.7. The van der Waals surface area contributed by atoms with Crippen LogP contribution in [0.25, 0.3) is 0 Å². The van der Waals surface area contributed by atoms with Gasteiger partial charge in [0.15, 0.2) is 5.78 Å².